The average Bonchev–Trinajstić information content (AvgIpc) is 2.66. The number of hydrogen-bond donors (Lipinski definition) is 1. The van der Waals surface area contributed by atoms with Crippen molar-refractivity contribution in [1.29, 1.82) is 0 Å². The third kappa shape index (κ3) is 2.41. The minimum atomic E-state index is -0.141. The summed E-state index contributed by atoms with van der Waals surface area (Å²) < 4.78 is 0. The molecule has 0 radical (unpaired) electrons. The van der Waals surface area contributed by atoms with E-state index in [1.807, 2.05) is 17.0 Å². The fourth-order valence-electron chi connectivity index (χ4n) is 2.42. The van der Waals surface area contributed by atoms with Crippen LogP contribution in [0.1, 0.15) is 44.7 Å². The maximum absolute atomic E-state index is 12.4. The molecule has 1 atom stereocenters. The van der Waals surface area contributed by atoms with Crippen molar-refractivity contribution in [2.45, 2.75) is 39.2 Å². The Labute approximate surface area is 109 Å². The highest BCUT2D eigenvalue weighted by molar-refractivity contribution is 6.04. The van der Waals surface area contributed by atoms with E-state index in [0.29, 0.717) is 0 Å². The van der Waals surface area contributed by atoms with Gasteiger partial charge in [0.25, 0.3) is 0 Å². The first-order valence-corrected chi connectivity index (χ1v) is 6.93. The van der Waals surface area contributed by atoms with Crippen LogP contribution in [0.2, 0.25) is 0 Å². The largest absolute Gasteiger partial charge is 0.310 e. The standard InChI is InChI=1S/C15H22N2O/c1-3-5-11-17-13-9-7-6-8-12(13)14(15(17)18)16-10-4-2/h6-9,14,16H,3-5,10-11H2,1-2H3. The highest BCUT2D eigenvalue weighted by Crippen LogP contribution is 2.35. The smallest absolute Gasteiger partial charge is 0.248 e. The van der Waals surface area contributed by atoms with Crippen LogP contribution in [0, 0.1) is 0 Å². The van der Waals surface area contributed by atoms with Crippen LogP contribution in [0.4, 0.5) is 5.69 Å². The first kappa shape index (κ1) is 13.1. The minimum absolute atomic E-state index is 0.141. The van der Waals surface area contributed by atoms with Gasteiger partial charge in [-0.2, -0.15) is 0 Å². The second kappa shape index (κ2) is 6.01. The molecular weight excluding hydrogens is 224 g/mol. The molecule has 0 spiro atoms. The number of carbonyl (C=O) groups excluding carboxylic acids is 1. The van der Waals surface area contributed by atoms with Gasteiger partial charge in [0.1, 0.15) is 6.04 Å². The highest BCUT2D eigenvalue weighted by Gasteiger charge is 2.35. The molecule has 0 bridgehead atoms. The number of nitrogens with one attached hydrogen (secondary N) is 1. The van der Waals surface area contributed by atoms with Gasteiger partial charge in [0.05, 0.1) is 0 Å². The average molecular weight is 246 g/mol. The number of anilines is 1. The van der Waals surface area contributed by atoms with Crippen molar-refractivity contribution in [2.24, 2.45) is 0 Å². The van der Waals surface area contributed by atoms with Crippen molar-refractivity contribution >= 4 is 11.6 Å². The van der Waals surface area contributed by atoms with Gasteiger partial charge >= 0.3 is 0 Å². The molecule has 1 aliphatic rings. The first-order valence-electron chi connectivity index (χ1n) is 6.93. The molecule has 1 heterocycles. The number of rotatable bonds is 6. The van der Waals surface area contributed by atoms with Crippen molar-refractivity contribution in [3.8, 4) is 0 Å². The molecule has 98 valence electrons. The van der Waals surface area contributed by atoms with Gasteiger partial charge in [-0.05, 0) is 25.5 Å². The highest BCUT2D eigenvalue weighted by atomic mass is 16.2. The molecule has 1 aromatic carbocycles. The number of amides is 1. The monoisotopic (exact) mass is 246 g/mol. The number of carbonyl (C=O) groups is 1. The van der Waals surface area contributed by atoms with E-state index in [1.165, 1.54) is 0 Å². The van der Waals surface area contributed by atoms with E-state index in [2.05, 4.69) is 31.3 Å². The van der Waals surface area contributed by atoms with Crippen molar-refractivity contribution in [2.75, 3.05) is 18.0 Å². The van der Waals surface area contributed by atoms with Crippen LogP contribution in [0.5, 0.6) is 0 Å². The maximum atomic E-state index is 12.4. The molecular formula is C15H22N2O. The molecule has 2 rings (SSSR count). The Bertz CT molecular complexity index is 380. The van der Waals surface area contributed by atoms with Gasteiger partial charge in [0.2, 0.25) is 5.91 Å². The molecule has 1 amide bonds. The number of nitrogens with zero attached hydrogens (tertiary/aromatic N) is 1. The summed E-state index contributed by atoms with van der Waals surface area (Å²) in [5.41, 5.74) is 2.22. The van der Waals surface area contributed by atoms with Gasteiger partial charge in [0.15, 0.2) is 0 Å². The van der Waals surface area contributed by atoms with Gasteiger partial charge in [-0.25, -0.2) is 0 Å². The van der Waals surface area contributed by atoms with Gasteiger partial charge in [-0.1, -0.05) is 38.5 Å². The summed E-state index contributed by atoms with van der Waals surface area (Å²) in [4.78, 5) is 14.4. The normalized spacial score (nSPS) is 18.2. The predicted molar refractivity (Wildman–Crippen MR) is 74.7 cm³/mol. The molecule has 3 heteroatoms. The zero-order valence-corrected chi connectivity index (χ0v) is 11.3. The molecule has 0 saturated carbocycles. The van der Waals surface area contributed by atoms with Crippen LogP contribution in [0.15, 0.2) is 24.3 Å². The zero-order valence-electron chi connectivity index (χ0n) is 11.3. The summed E-state index contributed by atoms with van der Waals surface area (Å²) in [5, 5.41) is 3.35. The molecule has 1 aromatic rings. The van der Waals surface area contributed by atoms with E-state index in [4.69, 9.17) is 0 Å². The number of hydrogen-bond acceptors (Lipinski definition) is 2. The maximum Gasteiger partial charge on any atom is 0.248 e. The van der Waals surface area contributed by atoms with Gasteiger partial charge in [0, 0.05) is 17.8 Å². The first-order chi connectivity index (χ1) is 8.79. The van der Waals surface area contributed by atoms with E-state index in [1.54, 1.807) is 0 Å². The Morgan fingerprint density at radius 3 is 2.72 bits per heavy atom. The fourth-order valence-corrected chi connectivity index (χ4v) is 2.42. The molecule has 0 aromatic heterocycles. The third-order valence-electron chi connectivity index (χ3n) is 3.39. The van der Waals surface area contributed by atoms with E-state index < -0.39 is 0 Å². The summed E-state index contributed by atoms with van der Waals surface area (Å²) in [6, 6.07) is 7.99. The summed E-state index contributed by atoms with van der Waals surface area (Å²) in [6.07, 6.45) is 3.21. The van der Waals surface area contributed by atoms with Crippen molar-refractivity contribution in [3.05, 3.63) is 29.8 Å². The fraction of sp³-hybridized carbons (Fsp3) is 0.533. The molecule has 0 aliphatic carbocycles. The van der Waals surface area contributed by atoms with Crippen LogP contribution in [-0.2, 0) is 4.79 Å². The van der Waals surface area contributed by atoms with Crippen LogP contribution in [0.25, 0.3) is 0 Å². The van der Waals surface area contributed by atoms with Crippen molar-refractivity contribution in [3.63, 3.8) is 0 Å². The summed E-state index contributed by atoms with van der Waals surface area (Å²) in [5.74, 6) is 0.207. The van der Waals surface area contributed by atoms with Crippen LogP contribution in [0.3, 0.4) is 0 Å². The Balaban J connectivity index is 2.22. The number of para-hydroxylation sites is 1. The number of benzene rings is 1. The molecule has 18 heavy (non-hydrogen) atoms. The number of fused-ring (bicyclic) bond motifs is 1. The third-order valence-corrected chi connectivity index (χ3v) is 3.39. The molecule has 1 unspecified atom stereocenters. The topological polar surface area (TPSA) is 32.3 Å². The lowest BCUT2D eigenvalue weighted by molar-refractivity contribution is -0.120. The van der Waals surface area contributed by atoms with E-state index in [0.717, 1.165) is 43.6 Å². The van der Waals surface area contributed by atoms with Crippen LogP contribution in [-0.4, -0.2) is 19.0 Å². The van der Waals surface area contributed by atoms with E-state index in [9.17, 15) is 4.79 Å². The van der Waals surface area contributed by atoms with Crippen molar-refractivity contribution < 1.29 is 4.79 Å². The summed E-state index contributed by atoms with van der Waals surface area (Å²) in [6.45, 7) is 5.98. The lowest BCUT2D eigenvalue weighted by Gasteiger charge is -2.17. The second-order valence-corrected chi connectivity index (χ2v) is 4.79. The van der Waals surface area contributed by atoms with Gasteiger partial charge in [-0.3, -0.25) is 4.79 Å². The van der Waals surface area contributed by atoms with Gasteiger partial charge < -0.3 is 10.2 Å². The van der Waals surface area contributed by atoms with Crippen LogP contribution < -0.4 is 10.2 Å². The molecule has 0 fully saturated rings. The minimum Gasteiger partial charge on any atom is -0.310 e. The van der Waals surface area contributed by atoms with Crippen molar-refractivity contribution in [1.82, 2.24) is 5.32 Å². The Hall–Kier alpha value is -1.35. The van der Waals surface area contributed by atoms with Crippen LogP contribution >= 0.6 is 0 Å². The lowest BCUT2D eigenvalue weighted by atomic mass is 10.1. The van der Waals surface area contributed by atoms with E-state index in [-0.39, 0.29) is 11.9 Å². The quantitative estimate of drug-likeness (QED) is 0.837. The molecule has 0 saturated heterocycles. The lowest BCUT2D eigenvalue weighted by Crippen LogP contribution is -2.35. The summed E-state index contributed by atoms with van der Waals surface area (Å²) in [7, 11) is 0. The molecule has 1 N–H and O–H groups in total. The zero-order chi connectivity index (χ0) is 13.0. The predicted octanol–water partition coefficient (Wildman–Crippen LogP) is 2.87. The van der Waals surface area contributed by atoms with Gasteiger partial charge in [-0.15, -0.1) is 0 Å². The Kier molecular flexibility index (Phi) is 4.37. The summed E-state index contributed by atoms with van der Waals surface area (Å²) >= 11 is 0. The SMILES string of the molecule is CCCCN1C(=O)C(NCCC)c2ccccc21. The van der Waals surface area contributed by atoms with E-state index >= 15 is 0 Å². The number of unbranched alkanes of at least 4 members (excludes halogenated alkanes) is 1. The Morgan fingerprint density at radius 2 is 2.00 bits per heavy atom. The second-order valence-electron chi connectivity index (χ2n) is 4.79. The Morgan fingerprint density at radius 1 is 1.22 bits per heavy atom. The molecule has 1 aliphatic heterocycles. The molecule has 3 nitrogen and oxygen atoms in total.